The number of thiocarbonyl (C=S) groups is 1. The number of nitrogens with two attached hydrogens (primary N) is 1. The third-order valence-corrected chi connectivity index (χ3v) is 3.11. The predicted octanol–water partition coefficient (Wildman–Crippen LogP) is 3.54. The summed E-state index contributed by atoms with van der Waals surface area (Å²) in [6, 6.07) is 12.2. The van der Waals surface area contributed by atoms with Gasteiger partial charge in [-0.3, -0.25) is 0 Å². The summed E-state index contributed by atoms with van der Waals surface area (Å²) >= 11 is 5.10. The Balaban J connectivity index is 2.50. The molecule has 18 heavy (non-hydrogen) atoms. The van der Waals surface area contributed by atoms with Crippen LogP contribution < -0.4 is 11.1 Å². The molecule has 3 N–H and O–H groups in total. The van der Waals surface area contributed by atoms with E-state index in [2.05, 4.69) is 37.4 Å². The first kappa shape index (κ1) is 12.8. The van der Waals surface area contributed by atoms with E-state index in [4.69, 9.17) is 18.0 Å². The molecule has 2 aromatic rings. The van der Waals surface area contributed by atoms with E-state index in [0.29, 0.717) is 10.9 Å². The van der Waals surface area contributed by atoms with E-state index in [1.54, 1.807) is 0 Å². The highest BCUT2D eigenvalue weighted by molar-refractivity contribution is 7.80. The van der Waals surface area contributed by atoms with Gasteiger partial charge in [-0.15, -0.1) is 0 Å². The number of rotatable bonds is 4. The quantitative estimate of drug-likeness (QED) is 0.824. The molecular weight excluding hydrogens is 240 g/mol. The Morgan fingerprint density at radius 1 is 1.17 bits per heavy atom. The standard InChI is InChI=1S/C15H18N2S/c1-10(2)9-17-14-8-7-13(15(16)18)11-5-3-4-6-12(11)14/h3-8,10,17H,9H2,1-2H3,(H2,16,18). The minimum Gasteiger partial charge on any atom is -0.389 e. The van der Waals surface area contributed by atoms with Crippen LogP contribution in [0.15, 0.2) is 36.4 Å². The van der Waals surface area contributed by atoms with Crippen molar-refractivity contribution >= 4 is 33.7 Å². The van der Waals surface area contributed by atoms with Crippen LogP contribution in [0.3, 0.4) is 0 Å². The topological polar surface area (TPSA) is 38.0 Å². The molecule has 0 heterocycles. The number of fused-ring (bicyclic) bond motifs is 1. The number of nitrogens with one attached hydrogen (secondary N) is 1. The molecule has 0 aromatic heterocycles. The van der Waals surface area contributed by atoms with Gasteiger partial charge in [-0.05, 0) is 23.4 Å². The van der Waals surface area contributed by atoms with Crippen LogP contribution in [0.1, 0.15) is 19.4 Å². The second kappa shape index (κ2) is 5.36. The van der Waals surface area contributed by atoms with Crippen LogP contribution in [0, 0.1) is 5.92 Å². The lowest BCUT2D eigenvalue weighted by molar-refractivity contribution is 0.689. The molecule has 0 saturated carbocycles. The molecule has 2 aromatic carbocycles. The molecule has 0 unspecified atom stereocenters. The lowest BCUT2D eigenvalue weighted by Gasteiger charge is -2.13. The number of anilines is 1. The Hall–Kier alpha value is -1.61. The van der Waals surface area contributed by atoms with Crippen LogP contribution in [0.25, 0.3) is 10.8 Å². The molecule has 0 amide bonds. The summed E-state index contributed by atoms with van der Waals surface area (Å²) in [5.74, 6) is 0.610. The Labute approximate surface area is 113 Å². The molecule has 0 bridgehead atoms. The molecular formula is C15H18N2S. The van der Waals surface area contributed by atoms with Gasteiger partial charge >= 0.3 is 0 Å². The van der Waals surface area contributed by atoms with Crippen LogP contribution in [0.2, 0.25) is 0 Å². The monoisotopic (exact) mass is 258 g/mol. The highest BCUT2D eigenvalue weighted by atomic mass is 32.1. The normalized spacial score (nSPS) is 10.8. The van der Waals surface area contributed by atoms with Crippen LogP contribution in [-0.2, 0) is 0 Å². The SMILES string of the molecule is CC(C)CNc1ccc(C(N)=S)c2ccccc12. The molecule has 0 saturated heterocycles. The van der Waals surface area contributed by atoms with Crippen LogP contribution in [-0.4, -0.2) is 11.5 Å². The molecule has 3 heteroatoms. The second-order valence-corrected chi connectivity index (χ2v) is 5.29. The molecule has 94 valence electrons. The van der Waals surface area contributed by atoms with E-state index in [1.165, 1.54) is 5.39 Å². The highest BCUT2D eigenvalue weighted by Crippen LogP contribution is 2.26. The molecule has 2 nitrogen and oxygen atoms in total. The van der Waals surface area contributed by atoms with Gasteiger partial charge in [0.05, 0.1) is 0 Å². The Bertz CT molecular complexity index is 576. The number of benzene rings is 2. The van der Waals surface area contributed by atoms with E-state index in [1.807, 2.05) is 18.2 Å². The Kier molecular flexibility index (Phi) is 3.82. The van der Waals surface area contributed by atoms with Crippen LogP contribution >= 0.6 is 12.2 Å². The second-order valence-electron chi connectivity index (χ2n) is 4.85. The maximum Gasteiger partial charge on any atom is 0.104 e. The van der Waals surface area contributed by atoms with E-state index in [0.717, 1.165) is 23.2 Å². The van der Waals surface area contributed by atoms with E-state index >= 15 is 0 Å². The lowest BCUT2D eigenvalue weighted by Crippen LogP contribution is -2.12. The molecule has 0 radical (unpaired) electrons. The molecule has 2 rings (SSSR count). The molecule has 0 atom stereocenters. The van der Waals surface area contributed by atoms with Crippen molar-refractivity contribution in [2.45, 2.75) is 13.8 Å². The van der Waals surface area contributed by atoms with Crippen molar-refractivity contribution in [2.24, 2.45) is 11.7 Å². The first-order chi connectivity index (χ1) is 8.59. The van der Waals surface area contributed by atoms with Gasteiger partial charge in [-0.25, -0.2) is 0 Å². The minimum atomic E-state index is 0.446. The van der Waals surface area contributed by atoms with Gasteiger partial charge < -0.3 is 11.1 Å². The summed E-state index contributed by atoms with van der Waals surface area (Å²) in [5, 5.41) is 5.75. The van der Waals surface area contributed by atoms with Gasteiger partial charge in [0.2, 0.25) is 0 Å². The van der Waals surface area contributed by atoms with Crippen LogP contribution in [0.4, 0.5) is 5.69 Å². The first-order valence-electron chi connectivity index (χ1n) is 6.15. The lowest BCUT2D eigenvalue weighted by atomic mass is 10.0. The maximum absolute atomic E-state index is 5.76. The fourth-order valence-corrected chi connectivity index (χ4v) is 2.16. The number of hydrogen-bond acceptors (Lipinski definition) is 2. The van der Waals surface area contributed by atoms with Crippen molar-refractivity contribution in [3.8, 4) is 0 Å². The summed E-state index contributed by atoms with van der Waals surface area (Å²) in [5.41, 5.74) is 7.84. The van der Waals surface area contributed by atoms with Gasteiger partial charge in [-0.2, -0.15) is 0 Å². The van der Waals surface area contributed by atoms with Crippen molar-refractivity contribution in [1.82, 2.24) is 0 Å². The Morgan fingerprint density at radius 2 is 1.83 bits per heavy atom. The van der Waals surface area contributed by atoms with E-state index < -0.39 is 0 Å². The predicted molar refractivity (Wildman–Crippen MR) is 83.2 cm³/mol. The van der Waals surface area contributed by atoms with Gasteiger partial charge in [0, 0.05) is 23.2 Å². The first-order valence-corrected chi connectivity index (χ1v) is 6.56. The molecule has 0 fully saturated rings. The summed E-state index contributed by atoms with van der Waals surface area (Å²) in [4.78, 5) is 0.446. The van der Waals surface area contributed by atoms with Gasteiger partial charge in [0.1, 0.15) is 4.99 Å². The zero-order valence-electron chi connectivity index (χ0n) is 10.7. The van der Waals surface area contributed by atoms with E-state index in [9.17, 15) is 0 Å². The summed E-state index contributed by atoms with van der Waals surface area (Å²) in [7, 11) is 0. The van der Waals surface area contributed by atoms with E-state index in [-0.39, 0.29) is 0 Å². The molecule has 0 aliphatic heterocycles. The zero-order valence-corrected chi connectivity index (χ0v) is 11.6. The smallest absolute Gasteiger partial charge is 0.104 e. The van der Waals surface area contributed by atoms with Crippen LogP contribution in [0.5, 0.6) is 0 Å². The van der Waals surface area contributed by atoms with Crippen molar-refractivity contribution in [2.75, 3.05) is 11.9 Å². The zero-order chi connectivity index (χ0) is 13.1. The average molecular weight is 258 g/mol. The summed E-state index contributed by atoms with van der Waals surface area (Å²) < 4.78 is 0. The maximum atomic E-state index is 5.76. The average Bonchev–Trinajstić information content (AvgIpc) is 2.35. The fourth-order valence-electron chi connectivity index (χ4n) is 1.98. The molecule has 0 aliphatic carbocycles. The van der Waals surface area contributed by atoms with Crippen molar-refractivity contribution in [1.29, 1.82) is 0 Å². The summed E-state index contributed by atoms with van der Waals surface area (Å²) in [6.07, 6.45) is 0. The third kappa shape index (κ3) is 2.62. The fraction of sp³-hybridized carbons (Fsp3) is 0.267. The van der Waals surface area contributed by atoms with Gasteiger partial charge in [-0.1, -0.05) is 50.3 Å². The van der Waals surface area contributed by atoms with Crippen molar-refractivity contribution in [3.63, 3.8) is 0 Å². The minimum absolute atomic E-state index is 0.446. The van der Waals surface area contributed by atoms with Crippen molar-refractivity contribution in [3.05, 3.63) is 42.0 Å². The summed E-state index contributed by atoms with van der Waals surface area (Å²) in [6.45, 7) is 5.34. The van der Waals surface area contributed by atoms with Crippen molar-refractivity contribution < 1.29 is 0 Å². The highest BCUT2D eigenvalue weighted by Gasteiger charge is 2.07. The largest absolute Gasteiger partial charge is 0.389 e. The number of hydrogen-bond donors (Lipinski definition) is 2. The third-order valence-electron chi connectivity index (χ3n) is 2.89. The Morgan fingerprint density at radius 3 is 2.44 bits per heavy atom. The molecule has 0 aliphatic rings. The van der Waals surface area contributed by atoms with Gasteiger partial charge in [0.25, 0.3) is 0 Å². The molecule has 0 spiro atoms. The van der Waals surface area contributed by atoms with Gasteiger partial charge in [0.15, 0.2) is 0 Å².